The first-order valence-electron chi connectivity index (χ1n) is 14.0. The van der Waals surface area contributed by atoms with Gasteiger partial charge in [-0.2, -0.15) is 13.2 Å². The van der Waals surface area contributed by atoms with Crippen molar-refractivity contribution < 1.29 is 37.3 Å². The summed E-state index contributed by atoms with van der Waals surface area (Å²) in [6.45, 7) is 1.62. The number of benzene rings is 1. The third kappa shape index (κ3) is 10.9. The van der Waals surface area contributed by atoms with Crippen molar-refractivity contribution in [2.75, 3.05) is 13.7 Å². The molecular formula is C29H46F3NO5. The lowest BCUT2D eigenvalue weighted by Crippen LogP contribution is -2.54. The second kappa shape index (κ2) is 19.0. The third-order valence-corrected chi connectivity index (χ3v) is 6.95. The Morgan fingerprint density at radius 3 is 1.84 bits per heavy atom. The summed E-state index contributed by atoms with van der Waals surface area (Å²) in [7, 11) is 0.802. The van der Waals surface area contributed by atoms with Crippen molar-refractivity contribution in [3.05, 3.63) is 35.9 Å². The molecule has 0 bridgehead atoms. The Morgan fingerprint density at radius 2 is 1.42 bits per heavy atom. The molecule has 218 valence electrons. The van der Waals surface area contributed by atoms with Crippen molar-refractivity contribution in [1.82, 2.24) is 5.32 Å². The van der Waals surface area contributed by atoms with E-state index in [9.17, 15) is 27.9 Å². The molecule has 0 aromatic heterocycles. The first kappa shape index (κ1) is 33.9. The van der Waals surface area contributed by atoms with Crippen LogP contribution in [0.15, 0.2) is 30.3 Å². The van der Waals surface area contributed by atoms with Crippen molar-refractivity contribution in [2.24, 2.45) is 0 Å². The molecule has 6 nitrogen and oxygen atoms in total. The second-order valence-corrected chi connectivity index (χ2v) is 9.80. The molecule has 1 aromatic rings. The summed E-state index contributed by atoms with van der Waals surface area (Å²) in [5.74, 6) is -1.63. The average Bonchev–Trinajstić information content (AvgIpc) is 2.90. The fourth-order valence-corrected chi connectivity index (χ4v) is 4.68. The van der Waals surface area contributed by atoms with E-state index in [4.69, 9.17) is 9.47 Å². The fourth-order valence-electron chi connectivity index (χ4n) is 4.68. The Kier molecular flexibility index (Phi) is 17.0. The summed E-state index contributed by atoms with van der Waals surface area (Å²) in [5, 5.41) is 12.1. The number of alkyl halides is 3. The number of carbonyl (C=O) groups excluding carboxylic acids is 2. The minimum Gasteiger partial charge on any atom is -0.457 e. The maximum Gasteiger partial charge on any atom is 0.432 e. The zero-order valence-corrected chi connectivity index (χ0v) is 22.9. The molecule has 0 spiro atoms. The molecule has 0 radical (unpaired) electrons. The second-order valence-electron chi connectivity index (χ2n) is 9.80. The summed E-state index contributed by atoms with van der Waals surface area (Å²) in [6.07, 6.45) is 9.00. The highest BCUT2D eigenvalue weighted by atomic mass is 19.4. The van der Waals surface area contributed by atoms with Crippen LogP contribution in [-0.4, -0.2) is 49.5 Å². The normalized spacial score (nSPS) is 14.9. The van der Waals surface area contributed by atoms with Gasteiger partial charge in [0.25, 0.3) is 5.60 Å². The number of hydrogen-bond acceptors (Lipinski definition) is 5. The predicted molar refractivity (Wildman–Crippen MR) is 141 cm³/mol. The molecule has 0 saturated carbocycles. The number of esters is 1. The summed E-state index contributed by atoms with van der Waals surface area (Å²) in [5.41, 5.74) is -3.74. The Bertz CT molecular complexity index is 762. The molecule has 0 aliphatic rings. The minimum atomic E-state index is -5.10. The first-order chi connectivity index (χ1) is 18.3. The molecular weight excluding hydrogens is 499 g/mol. The van der Waals surface area contributed by atoms with E-state index in [1.54, 1.807) is 0 Å². The maximum atomic E-state index is 14.2. The van der Waals surface area contributed by atoms with Crippen LogP contribution in [-0.2, 0) is 24.7 Å². The summed E-state index contributed by atoms with van der Waals surface area (Å²) >= 11 is 0. The number of ether oxygens (including phenoxy) is 2. The van der Waals surface area contributed by atoms with Crippen LogP contribution in [0.1, 0.15) is 102 Å². The van der Waals surface area contributed by atoms with Crippen LogP contribution in [0.4, 0.5) is 13.2 Å². The van der Waals surface area contributed by atoms with E-state index in [0.29, 0.717) is 12.8 Å². The molecule has 0 fully saturated rings. The van der Waals surface area contributed by atoms with Crippen LogP contribution in [0.25, 0.3) is 0 Å². The Labute approximate surface area is 225 Å². The minimum absolute atomic E-state index is 0.196. The number of aliphatic hydroxyl groups is 1. The van der Waals surface area contributed by atoms with E-state index < -0.39 is 42.1 Å². The van der Waals surface area contributed by atoms with Crippen molar-refractivity contribution in [3.63, 3.8) is 0 Å². The summed E-state index contributed by atoms with van der Waals surface area (Å²) < 4.78 is 52.8. The number of methoxy groups -OCH3 is 1. The number of amides is 1. The maximum absolute atomic E-state index is 14.2. The zero-order valence-electron chi connectivity index (χ0n) is 22.9. The topological polar surface area (TPSA) is 84.9 Å². The van der Waals surface area contributed by atoms with E-state index in [1.807, 2.05) is 0 Å². The SMILES string of the molecule is CCCCCCCCCCCCCCC[C@H](OC(=O)[C@](OC)(c1ccccc1)C(F)(F)F)[C@@H](CO)NC=O. The zero-order chi connectivity index (χ0) is 28.3. The van der Waals surface area contributed by atoms with E-state index in [0.717, 1.165) is 44.9 Å². The molecule has 1 rings (SSSR count). The molecule has 1 amide bonds. The fraction of sp³-hybridized carbons (Fsp3) is 0.724. The molecule has 3 atom stereocenters. The Hall–Kier alpha value is -2.13. The number of unbranched alkanes of at least 4 members (excludes halogenated alkanes) is 12. The number of aliphatic hydroxyl groups excluding tert-OH is 1. The van der Waals surface area contributed by atoms with Gasteiger partial charge in [-0.25, -0.2) is 4.79 Å². The molecule has 0 unspecified atom stereocenters. The smallest absolute Gasteiger partial charge is 0.432 e. The largest absolute Gasteiger partial charge is 0.457 e. The van der Waals surface area contributed by atoms with Gasteiger partial charge in [0.2, 0.25) is 6.41 Å². The van der Waals surface area contributed by atoms with Gasteiger partial charge in [0.1, 0.15) is 6.10 Å². The monoisotopic (exact) mass is 545 g/mol. The lowest BCUT2D eigenvalue weighted by atomic mass is 9.92. The molecule has 2 N–H and O–H groups in total. The summed E-state index contributed by atoms with van der Waals surface area (Å²) in [4.78, 5) is 24.1. The van der Waals surface area contributed by atoms with Gasteiger partial charge in [-0.15, -0.1) is 0 Å². The average molecular weight is 546 g/mol. The van der Waals surface area contributed by atoms with Gasteiger partial charge in [-0.05, 0) is 12.8 Å². The van der Waals surface area contributed by atoms with Gasteiger partial charge in [0.15, 0.2) is 0 Å². The highest BCUT2D eigenvalue weighted by Crippen LogP contribution is 2.43. The molecule has 0 heterocycles. The van der Waals surface area contributed by atoms with Gasteiger partial charge in [0, 0.05) is 12.7 Å². The summed E-state index contributed by atoms with van der Waals surface area (Å²) in [6, 6.07) is 5.53. The number of halogens is 3. The molecule has 1 aromatic carbocycles. The highest BCUT2D eigenvalue weighted by molar-refractivity contribution is 5.83. The van der Waals surface area contributed by atoms with E-state index in [1.165, 1.54) is 69.6 Å². The third-order valence-electron chi connectivity index (χ3n) is 6.95. The molecule has 9 heteroatoms. The highest BCUT2D eigenvalue weighted by Gasteiger charge is 2.64. The van der Waals surface area contributed by atoms with Crippen molar-refractivity contribution in [1.29, 1.82) is 0 Å². The molecule has 0 aliphatic heterocycles. The molecule has 38 heavy (non-hydrogen) atoms. The van der Waals surface area contributed by atoms with Crippen LogP contribution in [0, 0.1) is 0 Å². The molecule has 0 saturated heterocycles. The predicted octanol–water partition coefficient (Wildman–Crippen LogP) is 6.59. The Balaban J connectivity index is 2.66. The molecule has 0 aliphatic carbocycles. The lowest BCUT2D eigenvalue weighted by Gasteiger charge is -2.35. The van der Waals surface area contributed by atoms with E-state index in [-0.39, 0.29) is 6.42 Å². The van der Waals surface area contributed by atoms with E-state index >= 15 is 0 Å². The van der Waals surface area contributed by atoms with E-state index in [2.05, 4.69) is 12.2 Å². The van der Waals surface area contributed by atoms with Gasteiger partial charge >= 0.3 is 12.1 Å². The standard InChI is InChI=1S/C29H46F3NO5/c1-3-4-5-6-7-8-9-10-11-12-13-14-18-21-26(25(22-34)33-23-35)38-27(36)28(37-2,29(30,31)32)24-19-16-15-17-20-24/h15-17,19-20,23,25-26,34H,3-14,18,21-22H2,1-2H3,(H,33,35)/t25-,26+,28-/m1/s1. The van der Waals surface area contributed by atoms with Gasteiger partial charge in [-0.1, -0.05) is 114 Å². The van der Waals surface area contributed by atoms with Crippen LogP contribution in [0.5, 0.6) is 0 Å². The quantitative estimate of drug-likeness (QED) is 0.0975. The van der Waals surface area contributed by atoms with Crippen molar-refractivity contribution >= 4 is 12.4 Å². The van der Waals surface area contributed by atoms with Crippen molar-refractivity contribution in [3.8, 4) is 0 Å². The number of carbonyl (C=O) groups is 2. The van der Waals surface area contributed by atoms with Crippen LogP contribution < -0.4 is 5.32 Å². The van der Waals surface area contributed by atoms with Gasteiger partial charge in [0.05, 0.1) is 12.6 Å². The number of nitrogens with one attached hydrogen (secondary N) is 1. The van der Waals surface area contributed by atoms with Crippen molar-refractivity contribution in [2.45, 2.75) is 121 Å². The van der Waals surface area contributed by atoms with Crippen LogP contribution >= 0.6 is 0 Å². The number of hydrogen-bond donors (Lipinski definition) is 2. The Morgan fingerprint density at radius 1 is 0.921 bits per heavy atom. The lowest BCUT2D eigenvalue weighted by molar-refractivity contribution is -0.278. The van der Waals surface area contributed by atoms with Gasteiger partial charge in [-0.3, -0.25) is 4.79 Å². The van der Waals surface area contributed by atoms with Gasteiger partial charge < -0.3 is 19.9 Å². The van der Waals surface area contributed by atoms with Crippen LogP contribution in [0.2, 0.25) is 0 Å². The first-order valence-corrected chi connectivity index (χ1v) is 14.0. The van der Waals surface area contributed by atoms with Crippen LogP contribution in [0.3, 0.4) is 0 Å². The number of rotatable bonds is 22.